The first-order chi connectivity index (χ1) is 10.8. The molecule has 24 heavy (non-hydrogen) atoms. The number of carboxylic acids is 1. The molecule has 1 aromatic rings. The summed E-state index contributed by atoms with van der Waals surface area (Å²) in [6, 6.07) is 0. The van der Waals surface area contributed by atoms with E-state index in [2.05, 4.69) is 9.50 Å². The molecule has 1 N–H and O–H groups in total. The van der Waals surface area contributed by atoms with Crippen LogP contribution in [0.25, 0.3) is 0 Å². The molecular formula is C14H20F3N3O3S. The second-order valence-corrected chi connectivity index (χ2v) is 8.25. The Labute approximate surface area is 141 Å². The summed E-state index contributed by atoms with van der Waals surface area (Å²) in [6.45, 7) is 4.93. The largest absolute Gasteiger partial charge is 0.591 e. The minimum atomic E-state index is -4.70. The maximum atomic E-state index is 13.1. The lowest BCUT2D eigenvalue weighted by molar-refractivity contribution is -0.181. The Morgan fingerprint density at radius 1 is 1.42 bits per heavy atom. The molecule has 10 heteroatoms. The molecule has 0 radical (unpaired) electrons. The van der Waals surface area contributed by atoms with Crippen molar-refractivity contribution in [1.29, 1.82) is 0 Å². The van der Waals surface area contributed by atoms with Gasteiger partial charge in [0.05, 0.1) is 18.5 Å². The minimum Gasteiger partial charge on any atom is -0.591 e. The van der Waals surface area contributed by atoms with Gasteiger partial charge in [-0.3, -0.25) is 9.48 Å². The molecule has 1 heterocycles. The molecule has 1 rings (SSSR count). The normalized spacial score (nSPS) is 16.1. The van der Waals surface area contributed by atoms with E-state index in [0.29, 0.717) is 0 Å². The van der Waals surface area contributed by atoms with Gasteiger partial charge in [0.15, 0.2) is 0 Å². The van der Waals surface area contributed by atoms with Crippen LogP contribution in [0, 0.1) is 5.92 Å². The van der Waals surface area contributed by atoms with Crippen LogP contribution in [0.4, 0.5) is 13.2 Å². The minimum absolute atomic E-state index is 0.0695. The van der Waals surface area contributed by atoms with Gasteiger partial charge in [0.25, 0.3) is 0 Å². The van der Waals surface area contributed by atoms with E-state index in [-0.39, 0.29) is 11.3 Å². The van der Waals surface area contributed by atoms with E-state index < -0.39 is 47.0 Å². The van der Waals surface area contributed by atoms with E-state index in [4.69, 9.17) is 5.11 Å². The van der Waals surface area contributed by atoms with E-state index in [1.807, 2.05) is 0 Å². The first-order valence-corrected chi connectivity index (χ1v) is 8.18. The van der Waals surface area contributed by atoms with E-state index in [1.54, 1.807) is 27.8 Å². The molecule has 0 spiro atoms. The molecule has 1 unspecified atom stereocenters. The number of carbonyl (C=O) groups is 1. The number of alkyl halides is 3. The van der Waals surface area contributed by atoms with Crippen molar-refractivity contribution in [1.82, 2.24) is 9.78 Å². The molecule has 136 valence electrons. The van der Waals surface area contributed by atoms with Crippen molar-refractivity contribution >= 4 is 23.0 Å². The number of hydrogen-bond donors (Lipinski definition) is 1. The Bertz CT molecular complexity index is 608. The molecule has 0 aliphatic heterocycles. The van der Waals surface area contributed by atoms with Crippen LogP contribution in [-0.2, 0) is 23.2 Å². The third-order valence-electron chi connectivity index (χ3n) is 3.08. The van der Waals surface area contributed by atoms with Crippen molar-refractivity contribution < 1.29 is 27.6 Å². The van der Waals surface area contributed by atoms with Gasteiger partial charge in [-0.2, -0.15) is 18.3 Å². The highest BCUT2D eigenvalue weighted by molar-refractivity contribution is 7.91. The van der Waals surface area contributed by atoms with Crippen molar-refractivity contribution in [3.8, 4) is 0 Å². The molecule has 0 amide bonds. The zero-order chi connectivity index (χ0) is 18.7. The van der Waals surface area contributed by atoms with Crippen LogP contribution in [0.15, 0.2) is 16.8 Å². The number of carboxylic acid groups (broad SMARTS) is 1. The number of rotatable bonds is 6. The van der Waals surface area contributed by atoms with Gasteiger partial charge in [-0.1, -0.05) is 4.40 Å². The standard InChI is InChI=1S/C14H20F3N3O3S/c1-13(2,3)24(23)19-11(9-7-18-20(4)8-9)5-10(6-12(21)22)14(15,16)17/h7-8,10H,5-6H2,1-4H3,(H,21,22)/b19-11-/t10?,24-/m1/s1. The van der Waals surface area contributed by atoms with Crippen LogP contribution >= 0.6 is 0 Å². The SMILES string of the molecule is Cn1cc(/C(CC(CC(=O)O)C(F)(F)F)=N\[S@+]([O-])C(C)(C)C)cn1. The third kappa shape index (κ3) is 6.16. The highest BCUT2D eigenvalue weighted by Gasteiger charge is 2.42. The summed E-state index contributed by atoms with van der Waals surface area (Å²) in [5.41, 5.74) is 0.217. The Hall–Kier alpha value is -1.55. The highest BCUT2D eigenvalue weighted by atomic mass is 32.2. The van der Waals surface area contributed by atoms with Crippen molar-refractivity contribution in [2.45, 2.75) is 44.5 Å². The lowest BCUT2D eigenvalue weighted by Crippen LogP contribution is -2.30. The summed E-state index contributed by atoms with van der Waals surface area (Å²) >= 11 is -1.78. The maximum Gasteiger partial charge on any atom is 0.392 e. The van der Waals surface area contributed by atoms with Crippen LogP contribution < -0.4 is 0 Å². The summed E-state index contributed by atoms with van der Waals surface area (Å²) < 4.78 is 56.1. The van der Waals surface area contributed by atoms with Gasteiger partial charge >= 0.3 is 12.1 Å². The Balaban J connectivity index is 3.22. The van der Waals surface area contributed by atoms with E-state index in [1.165, 1.54) is 17.1 Å². The Morgan fingerprint density at radius 3 is 2.38 bits per heavy atom. The number of aliphatic carboxylic acids is 1. The van der Waals surface area contributed by atoms with Gasteiger partial charge < -0.3 is 9.66 Å². The van der Waals surface area contributed by atoms with Crippen molar-refractivity contribution in [3.05, 3.63) is 18.0 Å². The maximum absolute atomic E-state index is 13.1. The van der Waals surface area contributed by atoms with Crippen LogP contribution in [0.2, 0.25) is 0 Å². The summed E-state index contributed by atoms with van der Waals surface area (Å²) in [7, 11) is 1.58. The average molecular weight is 367 g/mol. The number of aromatic nitrogens is 2. The predicted molar refractivity (Wildman–Crippen MR) is 84.1 cm³/mol. The summed E-state index contributed by atoms with van der Waals surface area (Å²) in [5.74, 6) is -3.68. The van der Waals surface area contributed by atoms with Gasteiger partial charge in [0.2, 0.25) is 0 Å². The van der Waals surface area contributed by atoms with Gasteiger partial charge in [0.1, 0.15) is 21.8 Å². The first-order valence-electron chi connectivity index (χ1n) is 7.07. The Kier molecular flexibility index (Phi) is 6.45. The quantitative estimate of drug-likeness (QED) is 0.618. The Morgan fingerprint density at radius 2 is 2.00 bits per heavy atom. The molecule has 2 atom stereocenters. The molecule has 6 nitrogen and oxygen atoms in total. The van der Waals surface area contributed by atoms with Crippen molar-refractivity contribution in [3.63, 3.8) is 0 Å². The monoisotopic (exact) mass is 367 g/mol. The molecule has 0 bridgehead atoms. The van der Waals surface area contributed by atoms with E-state index in [0.717, 1.165) is 0 Å². The smallest absolute Gasteiger partial charge is 0.392 e. The average Bonchev–Trinajstić information content (AvgIpc) is 2.80. The highest BCUT2D eigenvalue weighted by Crippen LogP contribution is 2.33. The van der Waals surface area contributed by atoms with Crippen LogP contribution in [0.1, 0.15) is 39.2 Å². The van der Waals surface area contributed by atoms with Gasteiger partial charge in [-0.05, 0) is 20.8 Å². The van der Waals surface area contributed by atoms with E-state index in [9.17, 15) is 22.5 Å². The van der Waals surface area contributed by atoms with Crippen LogP contribution in [0.5, 0.6) is 0 Å². The molecule has 0 aromatic carbocycles. The molecule has 0 saturated carbocycles. The number of halogens is 3. The molecule has 1 aromatic heterocycles. The second-order valence-electron chi connectivity index (χ2n) is 6.34. The number of aryl methyl sites for hydroxylation is 1. The fraction of sp³-hybridized carbons (Fsp3) is 0.643. The molecule has 0 aliphatic carbocycles. The van der Waals surface area contributed by atoms with Crippen LogP contribution in [-0.4, -0.2) is 42.0 Å². The predicted octanol–water partition coefficient (Wildman–Crippen LogP) is 2.71. The third-order valence-corrected chi connectivity index (χ3v) is 4.51. The lowest BCUT2D eigenvalue weighted by Gasteiger charge is -2.21. The molecule has 0 fully saturated rings. The molecular weight excluding hydrogens is 347 g/mol. The number of nitrogens with zero attached hydrogens (tertiary/aromatic N) is 3. The van der Waals surface area contributed by atoms with Gasteiger partial charge in [-0.25, -0.2) is 0 Å². The fourth-order valence-corrected chi connectivity index (χ4v) is 2.42. The summed E-state index contributed by atoms with van der Waals surface area (Å²) in [6.07, 6.45) is -3.70. The topological polar surface area (TPSA) is 90.5 Å². The molecule has 0 saturated heterocycles. The zero-order valence-corrected chi connectivity index (χ0v) is 14.6. The second kappa shape index (κ2) is 7.56. The van der Waals surface area contributed by atoms with Gasteiger partial charge in [-0.15, -0.1) is 0 Å². The summed E-state index contributed by atoms with van der Waals surface area (Å²) in [4.78, 5) is 10.7. The summed E-state index contributed by atoms with van der Waals surface area (Å²) in [5, 5.41) is 12.6. The molecule has 0 aliphatic rings. The van der Waals surface area contributed by atoms with Crippen molar-refractivity contribution in [2.24, 2.45) is 17.4 Å². The first kappa shape index (κ1) is 20.5. The van der Waals surface area contributed by atoms with E-state index >= 15 is 0 Å². The fourth-order valence-electron chi connectivity index (χ4n) is 1.76. The van der Waals surface area contributed by atoms with Crippen molar-refractivity contribution in [2.75, 3.05) is 0 Å². The van der Waals surface area contributed by atoms with Gasteiger partial charge in [0, 0.05) is 25.2 Å². The zero-order valence-electron chi connectivity index (χ0n) is 13.8. The number of hydrogen-bond acceptors (Lipinski definition) is 4. The lowest BCUT2D eigenvalue weighted by atomic mass is 9.95. The van der Waals surface area contributed by atoms with Crippen LogP contribution in [0.3, 0.4) is 0 Å².